The van der Waals surface area contributed by atoms with E-state index in [2.05, 4.69) is 15.9 Å². The number of Topliss-reactive ketones (excluding diaryl/α,β-unsaturated/α-hetero) is 1. The van der Waals surface area contributed by atoms with E-state index in [4.69, 9.17) is 0 Å². The highest BCUT2D eigenvalue weighted by Crippen LogP contribution is 2.49. The molecule has 0 atom stereocenters. The Morgan fingerprint density at radius 2 is 1.82 bits per heavy atom. The van der Waals surface area contributed by atoms with Gasteiger partial charge in [-0.15, -0.1) is 11.3 Å². The number of carbonyl (C=O) groups excluding carboxylic acids is 1. The Bertz CT molecular complexity index is 447. The van der Waals surface area contributed by atoms with Crippen molar-refractivity contribution in [2.45, 2.75) is 0 Å². The predicted molar refractivity (Wildman–Crippen MR) is 77.1 cm³/mol. The Morgan fingerprint density at radius 3 is 2.24 bits per heavy atom. The summed E-state index contributed by atoms with van der Waals surface area (Å²) in [6.45, 7) is 0. The number of ketones is 1. The lowest BCUT2D eigenvalue weighted by molar-refractivity contribution is 0.102. The van der Waals surface area contributed by atoms with E-state index in [-0.39, 0.29) is 5.78 Å². The predicted octanol–water partition coefficient (Wildman–Crippen LogP) is 2.27. The molecule has 96 valence electrons. The summed E-state index contributed by atoms with van der Waals surface area (Å²) in [4.78, 5) is 12.2. The van der Waals surface area contributed by atoms with Gasteiger partial charge in [-0.2, -0.15) is 0 Å². The van der Waals surface area contributed by atoms with Gasteiger partial charge in [0.15, 0.2) is 5.78 Å². The van der Waals surface area contributed by atoms with Gasteiger partial charge in [0.2, 0.25) is 0 Å². The highest BCUT2D eigenvalue weighted by Gasteiger charge is 2.32. The molecule has 0 aliphatic heterocycles. The number of hydrogen-bond donors (Lipinski definition) is 0. The monoisotopic (exact) mass is 338 g/mol. The molecular weight excluding hydrogens is 323 g/mol. The van der Waals surface area contributed by atoms with Crippen LogP contribution in [0.25, 0.3) is 0 Å². The third-order valence-corrected chi connectivity index (χ3v) is 7.68. The van der Waals surface area contributed by atoms with Crippen molar-refractivity contribution in [2.75, 3.05) is 33.5 Å². The van der Waals surface area contributed by atoms with Gasteiger partial charge >= 0.3 is 0 Å². The Balaban J connectivity index is 3.19. The molecule has 0 radical (unpaired) electrons. The molecule has 0 spiro atoms. The average molecular weight is 339 g/mol. The van der Waals surface area contributed by atoms with Crippen LogP contribution in [-0.4, -0.2) is 48.6 Å². The van der Waals surface area contributed by atoms with Crippen LogP contribution in [-0.2, 0) is 4.57 Å². The van der Waals surface area contributed by atoms with Crippen LogP contribution in [0.3, 0.4) is 0 Å². The standard InChI is InChI=1S/C10H16BrN2O2PS/c1-12(2)16(15,13(3)4)10-6-5-9(17-10)8(14)7-11/h5-6H,7H2,1-4H3. The lowest BCUT2D eigenvalue weighted by atomic mass is 10.4. The summed E-state index contributed by atoms with van der Waals surface area (Å²) in [5.41, 5.74) is 0. The topological polar surface area (TPSA) is 40.6 Å². The normalized spacial score (nSPS) is 12.4. The smallest absolute Gasteiger partial charge is 0.254 e. The summed E-state index contributed by atoms with van der Waals surface area (Å²) in [7, 11) is 4.41. The lowest BCUT2D eigenvalue weighted by Crippen LogP contribution is -2.27. The molecule has 7 heteroatoms. The molecule has 1 aromatic rings. The van der Waals surface area contributed by atoms with Crippen molar-refractivity contribution in [3.05, 3.63) is 17.0 Å². The molecule has 0 unspecified atom stereocenters. The van der Waals surface area contributed by atoms with Gasteiger partial charge in [-0.05, 0) is 40.3 Å². The summed E-state index contributed by atoms with van der Waals surface area (Å²) >= 11 is 4.44. The summed E-state index contributed by atoms with van der Waals surface area (Å²) in [6, 6.07) is 3.52. The number of halogens is 1. The van der Waals surface area contributed by atoms with Crippen LogP contribution in [0.4, 0.5) is 0 Å². The van der Waals surface area contributed by atoms with Crippen molar-refractivity contribution < 1.29 is 9.36 Å². The maximum absolute atomic E-state index is 12.9. The third-order valence-electron chi connectivity index (χ3n) is 2.36. The first-order chi connectivity index (χ1) is 7.83. The minimum Gasteiger partial charge on any atom is -0.292 e. The Kier molecular flexibility index (Phi) is 5.10. The van der Waals surface area contributed by atoms with E-state index < -0.39 is 7.44 Å². The molecule has 0 aliphatic carbocycles. The second-order valence-corrected chi connectivity index (χ2v) is 9.05. The third kappa shape index (κ3) is 2.88. The van der Waals surface area contributed by atoms with E-state index in [1.54, 1.807) is 49.7 Å². The van der Waals surface area contributed by atoms with Gasteiger partial charge in [-0.3, -0.25) is 9.36 Å². The maximum atomic E-state index is 12.9. The van der Waals surface area contributed by atoms with Gasteiger partial charge in [0.25, 0.3) is 7.44 Å². The molecule has 1 heterocycles. The van der Waals surface area contributed by atoms with Crippen LogP contribution in [0.2, 0.25) is 0 Å². The van der Waals surface area contributed by atoms with Gasteiger partial charge in [0.1, 0.15) is 0 Å². The fraction of sp³-hybridized carbons (Fsp3) is 0.500. The first kappa shape index (κ1) is 15.1. The van der Waals surface area contributed by atoms with E-state index in [0.717, 1.165) is 4.62 Å². The molecule has 0 N–H and O–H groups in total. The molecule has 0 aromatic carbocycles. The van der Waals surface area contributed by atoms with Crippen molar-refractivity contribution in [3.8, 4) is 0 Å². The molecule has 4 nitrogen and oxygen atoms in total. The molecule has 0 fully saturated rings. The van der Waals surface area contributed by atoms with Crippen LogP contribution in [0.1, 0.15) is 9.67 Å². The highest BCUT2D eigenvalue weighted by atomic mass is 79.9. The van der Waals surface area contributed by atoms with Crippen LogP contribution < -0.4 is 4.62 Å². The van der Waals surface area contributed by atoms with Gasteiger partial charge < -0.3 is 0 Å². The van der Waals surface area contributed by atoms with E-state index in [1.807, 2.05) is 0 Å². The molecule has 0 saturated heterocycles. The number of rotatable bonds is 5. The minimum atomic E-state index is -2.73. The average Bonchev–Trinajstić information content (AvgIpc) is 2.75. The van der Waals surface area contributed by atoms with E-state index in [1.165, 1.54) is 11.3 Å². The lowest BCUT2D eigenvalue weighted by Gasteiger charge is -2.29. The first-order valence-electron chi connectivity index (χ1n) is 4.99. The number of thiophene rings is 1. The Morgan fingerprint density at radius 1 is 1.29 bits per heavy atom. The number of carbonyl (C=O) groups is 1. The Labute approximate surface area is 114 Å². The van der Waals surface area contributed by atoms with Crippen molar-refractivity contribution in [1.29, 1.82) is 0 Å². The number of nitrogens with zero attached hydrogens (tertiary/aromatic N) is 2. The summed E-state index contributed by atoms with van der Waals surface area (Å²) in [5.74, 6) is 0.0188. The number of hydrogen-bond acceptors (Lipinski definition) is 3. The van der Waals surface area contributed by atoms with Crippen LogP contribution >= 0.6 is 34.7 Å². The van der Waals surface area contributed by atoms with Crippen LogP contribution in [0, 0.1) is 0 Å². The zero-order valence-corrected chi connectivity index (χ0v) is 13.6. The molecule has 17 heavy (non-hydrogen) atoms. The molecular formula is C10H16BrN2O2PS. The summed E-state index contributed by atoms with van der Waals surface area (Å²) in [6.07, 6.45) is 0. The maximum Gasteiger partial charge on any atom is 0.254 e. The Hall–Kier alpha value is -0.0000000000000000486. The molecule has 0 saturated carbocycles. The van der Waals surface area contributed by atoms with Gasteiger partial charge in [0.05, 0.1) is 14.8 Å². The van der Waals surface area contributed by atoms with Crippen molar-refractivity contribution >= 4 is 45.1 Å². The van der Waals surface area contributed by atoms with E-state index >= 15 is 0 Å². The molecule has 0 amide bonds. The highest BCUT2D eigenvalue weighted by molar-refractivity contribution is 9.09. The van der Waals surface area contributed by atoms with Crippen molar-refractivity contribution in [2.24, 2.45) is 0 Å². The quantitative estimate of drug-likeness (QED) is 0.469. The zero-order chi connectivity index (χ0) is 13.2. The number of alkyl halides is 1. The van der Waals surface area contributed by atoms with Gasteiger partial charge in [0, 0.05) is 0 Å². The summed E-state index contributed by atoms with van der Waals surface area (Å²) < 4.78 is 17.0. The van der Waals surface area contributed by atoms with E-state index in [0.29, 0.717) is 10.2 Å². The molecule has 0 bridgehead atoms. The molecule has 0 aliphatic rings. The van der Waals surface area contributed by atoms with Crippen LogP contribution in [0.15, 0.2) is 12.1 Å². The fourth-order valence-electron chi connectivity index (χ4n) is 1.45. The van der Waals surface area contributed by atoms with Crippen LogP contribution in [0.5, 0.6) is 0 Å². The molecule has 1 rings (SSSR count). The van der Waals surface area contributed by atoms with E-state index in [9.17, 15) is 9.36 Å². The second-order valence-electron chi connectivity index (χ2n) is 3.93. The first-order valence-corrected chi connectivity index (χ1v) is 8.54. The van der Waals surface area contributed by atoms with Crippen molar-refractivity contribution in [3.63, 3.8) is 0 Å². The minimum absolute atomic E-state index is 0.0188. The second kappa shape index (κ2) is 5.76. The van der Waals surface area contributed by atoms with Crippen molar-refractivity contribution in [1.82, 2.24) is 9.34 Å². The fourth-order valence-corrected chi connectivity index (χ4v) is 6.15. The van der Waals surface area contributed by atoms with Gasteiger partial charge in [-0.25, -0.2) is 9.34 Å². The SMILES string of the molecule is CN(C)P(=O)(c1ccc(C(=O)CBr)s1)N(C)C. The van der Waals surface area contributed by atoms with Gasteiger partial charge in [-0.1, -0.05) is 15.9 Å². The largest absolute Gasteiger partial charge is 0.292 e. The molecule has 1 aromatic heterocycles. The summed E-state index contributed by atoms with van der Waals surface area (Å²) in [5, 5.41) is 0.293. The zero-order valence-electron chi connectivity index (χ0n) is 10.3.